The van der Waals surface area contributed by atoms with E-state index in [1.165, 1.54) is 24.3 Å². The number of sulfone groups is 1. The molecule has 0 saturated heterocycles. The van der Waals surface area contributed by atoms with Crippen LogP contribution in [0.25, 0.3) is 0 Å². The second-order valence-corrected chi connectivity index (χ2v) is 8.06. The van der Waals surface area contributed by atoms with E-state index in [1.54, 1.807) is 13.8 Å². The summed E-state index contributed by atoms with van der Waals surface area (Å²) in [6, 6.07) is 5.83. The number of fused-ring (bicyclic) bond motifs is 2. The van der Waals surface area contributed by atoms with Crippen molar-refractivity contribution in [2.24, 2.45) is 0 Å². The quantitative estimate of drug-likeness (QED) is 0.632. The number of benzene rings is 2. The van der Waals surface area contributed by atoms with E-state index in [-0.39, 0.29) is 39.3 Å². The van der Waals surface area contributed by atoms with Gasteiger partial charge in [-0.25, -0.2) is 13.2 Å². The van der Waals surface area contributed by atoms with Crippen molar-refractivity contribution in [3.8, 4) is 11.5 Å². The Bertz CT molecular complexity index is 985. The van der Waals surface area contributed by atoms with Gasteiger partial charge < -0.3 is 15.2 Å². The molecule has 25 heavy (non-hydrogen) atoms. The molecule has 0 bridgehead atoms. The standard InChI is InChI=1S/C17H16ClNO5S/c1-3-23-17(20)10-4-9(2)15-14(6-10)25(21,22)8-11-5-12(19)7-13(18)16(11)24-15/h4-7H,3,8,19H2,1-2H3. The van der Waals surface area contributed by atoms with Crippen LogP contribution in [-0.4, -0.2) is 21.0 Å². The minimum absolute atomic E-state index is 0.0682. The molecule has 2 N–H and O–H groups in total. The van der Waals surface area contributed by atoms with Crippen LogP contribution in [0.15, 0.2) is 29.2 Å². The van der Waals surface area contributed by atoms with Crippen molar-refractivity contribution in [1.29, 1.82) is 0 Å². The summed E-state index contributed by atoms with van der Waals surface area (Å²) in [4.78, 5) is 11.9. The Morgan fingerprint density at radius 2 is 2.00 bits per heavy atom. The second kappa shape index (κ2) is 6.24. The van der Waals surface area contributed by atoms with E-state index in [9.17, 15) is 13.2 Å². The number of anilines is 1. The molecule has 6 nitrogen and oxygen atoms in total. The second-order valence-electron chi connectivity index (χ2n) is 5.69. The summed E-state index contributed by atoms with van der Waals surface area (Å²) >= 11 is 6.18. The number of rotatable bonds is 2. The van der Waals surface area contributed by atoms with Crippen LogP contribution in [0.4, 0.5) is 5.69 Å². The summed E-state index contributed by atoms with van der Waals surface area (Å²) < 4.78 is 36.5. The van der Waals surface area contributed by atoms with Crippen molar-refractivity contribution in [2.75, 3.05) is 12.3 Å². The van der Waals surface area contributed by atoms with Crippen molar-refractivity contribution in [2.45, 2.75) is 24.5 Å². The minimum Gasteiger partial charge on any atom is -0.462 e. The van der Waals surface area contributed by atoms with E-state index in [0.717, 1.165) is 0 Å². The molecule has 0 atom stereocenters. The Kier molecular flexibility index (Phi) is 4.38. The molecule has 2 aromatic rings. The first-order valence-corrected chi connectivity index (χ1v) is 9.56. The third-order valence-corrected chi connectivity index (χ3v) is 5.72. The Morgan fingerprint density at radius 1 is 1.28 bits per heavy atom. The molecule has 1 aliphatic heterocycles. The summed E-state index contributed by atoms with van der Waals surface area (Å²) in [5.74, 6) is -0.512. The molecule has 0 aromatic heterocycles. The molecule has 0 fully saturated rings. The lowest BCUT2D eigenvalue weighted by atomic mass is 10.1. The number of hydrogen-bond acceptors (Lipinski definition) is 6. The number of carbonyl (C=O) groups is 1. The Labute approximate surface area is 150 Å². The van der Waals surface area contributed by atoms with Gasteiger partial charge in [0.15, 0.2) is 9.84 Å². The predicted octanol–water partition coefficient (Wildman–Crippen LogP) is 3.49. The Balaban J connectivity index is 2.23. The highest BCUT2D eigenvalue weighted by atomic mass is 35.5. The normalized spacial score (nSPS) is 14.7. The van der Waals surface area contributed by atoms with E-state index in [2.05, 4.69) is 0 Å². The molecule has 2 aromatic carbocycles. The molecule has 1 aliphatic rings. The van der Waals surface area contributed by atoms with Gasteiger partial charge in [-0.1, -0.05) is 11.6 Å². The van der Waals surface area contributed by atoms with Crippen molar-refractivity contribution < 1.29 is 22.7 Å². The van der Waals surface area contributed by atoms with Gasteiger partial charge in [0.1, 0.15) is 16.4 Å². The maximum atomic E-state index is 12.8. The van der Waals surface area contributed by atoms with Crippen LogP contribution in [-0.2, 0) is 20.3 Å². The van der Waals surface area contributed by atoms with Crippen molar-refractivity contribution in [1.82, 2.24) is 0 Å². The first-order chi connectivity index (χ1) is 11.7. The zero-order chi connectivity index (χ0) is 18.4. The van der Waals surface area contributed by atoms with E-state index in [1.807, 2.05) is 0 Å². The van der Waals surface area contributed by atoms with Crippen LogP contribution in [0.1, 0.15) is 28.4 Å². The highest BCUT2D eigenvalue weighted by Crippen LogP contribution is 2.44. The molecular formula is C17H16ClNO5S. The molecule has 0 spiro atoms. The van der Waals surface area contributed by atoms with Gasteiger partial charge in [0, 0.05) is 11.3 Å². The number of ether oxygens (including phenoxy) is 2. The van der Waals surface area contributed by atoms with Gasteiger partial charge in [-0.2, -0.15) is 0 Å². The van der Waals surface area contributed by atoms with Gasteiger partial charge >= 0.3 is 5.97 Å². The maximum Gasteiger partial charge on any atom is 0.338 e. The molecule has 8 heteroatoms. The van der Waals surface area contributed by atoms with Gasteiger partial charge in [0.2, 0.25) is 0 Å². The fourth-order valence-electron chi connectivity index (χ4n) is 2.72. The number of aryl methyl sites for hydroxylation is 1. The van der Waals surface area contributed by atoms with Crippen LogP contribution >= 0.6 is 11.6 Å². The van der Waals surface area contributed by atoms with Crippen molar-refractivity contribution in [3.05, 3.63) is 46.0 Å². The van der Waals surface area contributed by atoms with Gasteiger partial charge in [-0.15, -0.1) is 0 Å². The molecule has 1 heterocycles. The van der Waals surface area contributed by atoms with Crippen molar-refractivity contribution >= 4 is 33.1 Å². The summed E-state index contributed by atoms with van der Waals surface area (Å²) in [6.45, 7) is 3.53. The van der Waals surface area contributed by atoms with E-state index in [0.29, 0.717) is 16.8 Å². The topological polar surface area (TPSA) is 95.7 Å². The lowest BCUT2D eigenvalue weighted by molar-refractivity contribution is 0.0526. The Morgan fingerprint density at radius 3 is 2.68 bits per heavy atom. The third kappa shape index (κ3) is 3.17. The number of esters is 1. The first-order valence-electron chi connectivity index (χ1n) is 7.53. The molecule has 0 amide bonds. The highest BCUT2D eigenvalue weighted by molar-refractivity contribution is 7.90. The lowest BCUT2D eigenvalue weighted by Crippen LogP contribution is -2.09. The van der Waals surface area contributed by atoms with Gasteiger partial charge in [0.05, 0.1) is 22.9 Å². The van der Waals surface area contributed by atoms with Gasteiger partial charge in [-0.05, 0) is 43.7 Å². The van der Waals surface area contributed by atoms with E-state index < -0.39 is 15.8 Å². The highest BCUT2D eigenvalue weighted by Gasteiger charge is 2.31. The molecular weight excluding hydrogens is 366 g/mol. The van der Waals surface area contributed by atoms with Crippen LogP contribution in [0.5, 0.6) is 11.5 Å². The first kappa shape index (κ1) is 17.6. The lowest BCUT2D eigenvalue weighted by Gasteiger charge is -2.13. The number of hydrogen-bond donors (Lipinski definition) is 1. The SMILES string of the molecule is CCOC(=O)c1cc(C)c2c(c1)S(=O)(=O)Cc1cc(N)cc(Cl)c1O2. The monoisotopic (exact) mass is 381 g/mol. The number of halogens is 1. The number of carbonyl (C=O) groups excluding carboxylic acids is 1. The van der Waals surface area contributed by atoms with E-state index >= 15 is 0 Å². The zero-order valence-electron chi connectivity index (χ0n) is 13.6. The number of nitrogen functional groups attached to an aromatic ring is 1. The van der Waals surface area contributed by atoms with Crippen LogP contribution in [0.2, 0.25) is 5.02 Å². The molecule has 3 rings (SSSR count). The molecule has 0 unspecified atom stereocenters. The maximum absolute atomic E-state index is 12.8. The fraction of sp³-hybridized carbons (Fsp3) is 0.235. The summed E-state index contributed by atoms with van der Waals surface area (Å²) in [5, 5.41) is 0.229. The smallest absolute Gasteiger partial charge is 0.338 e. The van der Waals surface area contributed by atoms with Crippen LogP contribution < -0.4 is 10.5 Å². The molecule has 0 radical (unpaired) electrons. The minimum atomic E-state index is -3.77. The summed E-state index contributed by atoms with van der Waals surface area (Å²) in [7, 11) is -3.77. The largest absolute Gasteiger partial charge is 0.462 e. The molecule has 0 saturated carbocycles. The third-order valence-electron chi connectivity index (χ3n) is 3.78. The van der Waals surface area contributed by atoms with Crippen LogP contribution in [0.3, 0.4) is 0 Å². The average Bonchev–Trinajstić information content (AvgIpc) is 2.61. The Hall–Kier alpha value is -2.25. The van der Waals surface area contributed by atoms with Gasteiger partial charge in [0.25, 0.3) is 0 Å². The van der Waals surface area contributed by atoms with Crippen LogP contribution in [0, 0.1) is 6.92 Å². The molecule has 0 aliphatic carbocycles. The predicted molar refractivity (Wildman–Crippen MR) is 94.0 cm³/mol. The zero-order valence-corrected chi connectivity index (χ0v) is 15.2. The van der Waals surface area contributed by atoms with Gasteiger partial charge in [-0.3, -0.25) is 0 Å². The molecule has 132 valence electrons. The number of nitrogens with two attached hydrogens (primary N) is 1. The average molecular weight is 382 g/mol. The van der Waals surface area contributed by atoms with Crippen molar-refractivity contribution in [3.63, 3.8) is 0 Å². The summed E-state index contributed by atoms with van der Waals surface area (Å²) in [5.41, 5.74) is 7.12. The fourth-order valence-corrected chi connectivity index (χ4v) is 4.57. The summed E-state index contributed by atoms with van der Waals surface area (Å²) in [6.07, 6.45) is 0. The van der Waals surface area contributed by atoms with E-state index in [4.69, 9.17) is 26.8 Å².